The maximum absolute atomic E-state index is 12.0. The van der Waals surface area contributed by atoms with Crippen LogP contribution in [-0.2, 0) is 4.74 Å². The summed E-state index contributed by atoms with van der Waals surface area (Å²) >= 11 is 0. The second kappa shape index (κ2) is 5.66. The van der Waals surface area contributed by atoms with Crippen molar-refractivity contribution in [1.82, 2.24) is 0 Å². The summed E-state index contributed by atoms with van der Waals surface area (Å²) in [5.41, 5.74) is 0.785. The number of ether oxygens (including phenoxy) is 1. The summed E-state index contributed by atoms with van der Waals surface area (Å²) in [6.45, 7) is 4.62. The Labute approximate surface area is 91.3 Å². The van der Waals surface area contributed by atoms with Gasteiger partial charge >= 0.3 is 0 Å². The lowest BCUT2D eigenvalue weighted by atomic mass is 9.89. The van der Waals surface area contributed by atoms with Crippen LogP contribution in [0.15, 0.2) is 30.3 Å². The van der Waals surface area contributed by atoms with E-state index in [9.17, 15) is 4.79 Å². The molecule has 0 aromatic heterocycles. The molecule has 0 radical (unpaired) electrons. The molecule has 0 saturated heterocycles. The van der Waals surface area contributed by atoms with Crippen molar-refractivity contribution in [3.05, 3.63) is 35.9 Å². The molecule has 2 atom stereocenters. The number of carbonyl (C=O) groups excluding carboxylic acids is 1. The van der Waals surface area contributed by atoms with Gasteiger partial charge in [0.2, 0.25) is 0 Å². The topological polar surface area (TPSA) is 26.3 Å². The van der Waals surface area contributed by atoms with Crippen molar-refractivity contribution in [3.8, 4) is 0 Å². The van der Waals surface area contributed by atoms with Crippen LogP contribution in [0.5, 0.6) is 0 Å². The van der Waals surface area contributed by atoms with Gasteiger partial charge in [-0.1, -0.05) is 44.2 Å². The van der Waals surface area contributed by atoms with E-state index < -0.39 is 0 Å². The lowest BCUT2D eigenvalue weighted by molar-refractivity contribution is 0.0808. The third-order valence-electron chi connectivity index (χ3n) is 2.75. The third kappa shape index (κ3) is 3.17. The normalized spacial score (nSPS) is 14.6. The number of ketones is 1. The van der Waals surface area contributed by atoms with Gasteiger partial charge in [-0.15, -0.1) is 0 Å². The van der Waals surface area contributed by atoms with E-state index in [1.807, 2.05) is 44.2 Å². The molecule has 0 aliphatic heterocycles. The minimum Gasteiger partial charge on any atom is -0.384 e. The summed E-state index contributed by atoms with van der Waals surface area (Å²) in [5, 5.41) is 0. The van der Waals surface area contributed by atoms with E-state index >= 15 is 0 Å². The number of methoxy groups -OCH3 is 1. The summed E-state index contributed by atoms with van der Waals surface area (Å²) in [6, 6.07) is 9.42. The predicted molar refractivity (Wildman–Crippen MR) is 61.0 cm³/mol. The Kier molecular flexibility index (Phi) is 4.50. The van der Waals surface area contributed by atoms with Gasteiger partial charge in [0.15, 0.2) is 5.78 Å². The van der Waals surface area contributed by atoms with Crippen molar-refractivity contribution >= 4 is 5.78 Å². The summed E-state index contributed by atoms with van der Waals surface area (Å²) in [7, 11) is 1.66. The molecule has 2 heteroatoms. The van der Waals surface area contributed by atoms with Crippen molar-refractivity contribution in [1.29, 1.82) is 0 Å². The smallest absolute Gasteiger partial charge is 0.166 e. The summed E-state index contributed by atoms with van der Waals surface area (Å²) < 4.78 is 5.06. The number of rotatable bonds is 5. The van der Waals surface area contributed by atoms with Crippen LogP contribution >= 0.6 is 0 Å². The van der Waals surface area contributed by atoms with Gasteiger partial charge in [0.05, 0.1) is 0 Å². The number of hydrogen-bond donors (Lipinski definition) is 0. The van der Waals surface area contributed by atoms with Crippen molar-refractivity contribution in [2.24, 2.45) is 11.8 Å². The molecule has 0 heterocycles. The van der Waals surface area contributed by atoms with Gasteiger partial charge < -0.3 is 4.74 Å². The number of carbonyl (C=O) groups is 1. The van der Waals surface area contributed by atoms with E-state index in [0.29, 0.717) is 6.61 Å². The molecule has 0 bridgehead atoms. The van der Waals surface area contributed by atoms with Crippen LogP contribution in [0.3, 0.4) is 0 Å². The SMILES string of the molecule is COCC(C)C(C)C(=O)c1ccccc1. The largest absolute Gasteiger partial charge is 0.384 e. The van der Waals surface area contributed by atoms with Gasteiger partial charge in [-0.05, 0) is 5.92 Å². The second-order valence-corrected chi connectivity index (χ2v) is 3.95. The Morgan fingerprint density at radius 1 is 1.27 bits per heavy atom. The maximum atomic E-state index is 12.0. The van der Waals surface area contributed by atoms with E-state index in [0.717, 1.165) is 5.56 Å². The number of hydrogen-bond acceptors (Lipinski definition) is 2. The van der Waals surface area contributed by atoms with Gasteiger partial charge in [-0.2, -0.15) is 0 Å². The lowest BCUT2D eigenvalue weighted by Gasteiger charge is -2.17. The highest BCUT2D eigenvalue weighted by Crippen LogP contribution is 2.17. The van der Waals surface area contributed by atoms with Gasteiger partial charge in [0, 0.05) is 25.2 Å². The molecule has 0 aliphatic carbocycles. The first-order valence-corrected chi connectivity index (χ1v) is 5.25. The molecule has 0 aliphatic rings. The van der Waals surface area contributed by atoms with Crippen LogP contribution in [0.2, 0.25) is 0 Å². The summed E-state index contributed by atoms with van der Waals surface area (Å²) in [4.78, 5) is 12.0. The van der Waals surface area contributed by atoms with Crippen molar-refractivity contribution < 1.29 is 9.53 Å². The molecule has 15 heavy (non-hydrogen) atoms. The zero-order chi connectivity index (χ0) is 11.3. The highest BCUT2D eigenvalue weighted by molar-refractivity contribution is 5.97. The molecule has 0 fully saturated rings. The van der Waals surface area contributed by atoms with E-state index in [2.05, 4.69) is 0 Å². The van der Waals surface area contributed by atoms with Gasteiger partial charge in [0.25, 0.3) is 0 Å². The van der Waals surface area contributed by atoms with E-state index in [1.54, 1.807) is 7.11 Å². The third-order valence-corrected chi connectivity index (χ3v) is 2.75. The van der Waals surface area contributed by atoms with Crippen LogP contribution < -0.4 is 0 Å². The molecule has 82 valence electrons. The average molecular weight is 206 g/mol. The maximum Gasteiger partial charge on any atom is 0.166 e. The van der Waals surface area contributed by atoms with Gasteiger partial charge in [0.1, 0.15) is 0 Å². The van der Waals surface area contributed by atoms with Crippen LogP contribution in [0.4, 0.5) is 0 Å². The molecule has 0 N–H and O–H groups in total. The second-order valence-electron chi connectivity index (χ2n) is 3.95. The molecule has 1 rings (SSSR count). The van der Waals surface area contributed by atoms with Crippen molar-refractivity contribution in [2.45, 2.75) is 13.8 Å². The lowest BCUT2D eigenvalue weighted by Crippen LogP contribution is -2.22. The molecule has 0 spiro atoms. The molecule has 2 unspecified atom stereocenters. The fourth-order valence-electron chi connectivity index (χ4n) is 1.53. The summed E-state index contributed by atoms with van der Waals surface area (Å²) in [5.74, 6) is 0.454. The molecular weight excluding hydrogens is 188 g/mol. The molecule has 2 nitrogen and oxygen atoms in total. The van der Waals surface area contributed by atoms with Crippen LogP contribution in [-0.4, -0.2) is 19.5 Å². The van der Waals surface area contributed by atoms with Crippen LogP contribution in [0.25, 0.3) is 0 Å². The Bertz CT molecular complexity index is 306. The Morgan fingerprint density at radius 2 is 1.87 bits per heavy atom. The van der Waals surface area contributed by atoms with Gasteiger partial charge in [-0.3, -0.25) is 4.79 Å². The summed E-state index contributed by atoms with van der Waals surface area (Å²) in [6.07, 6.45) is 0. The first-order valence-electron chi connectivity index (χ1n) is 5.25. The molecule has 0 amide bonds. The van der Waals surface area contributed by atoms with E-state index in [4.69, 9.17) is 4.74 Å². The number of benzene rings is 1. The fraction of sp³-hybridized carbons (Fsp3) is 0.462. The minimum absolute atomic E-state index is 0.00681. The highest BCUT2D eigenvalue weighted by atomic mass is 16.5. The molecule has 1 aromatic rings. The van der Waals surface area contributed by atoms with Gasteiger partial charge in [-0.25, -0.2) is 0 Å². The van der Waals surface area contributed by atoms with E-state index in [1.165, 1.54) is 0 Å². The number of Topliss-reactive ketones (excluding diaryl/α,β-unsaturated/α-hetero) is 1. The standard InChI is InChI=1S/C13H18O2/c1-10(9-15-3)11(2)13(14)12-7-5-4-6-8-12/h4-8,10-11H,9H2,1-3H3. The highest BCUT2D eigenvalue weighted by Gasteiger charge is 2.20. The monoisotopic (exact) mass is 206 g/mol. The first-order chi connectivity index (χ1) is 7.16. The first kappa shape index (κ1) is 11.9. The van der Waals surface area contributed by atoms with Crippen LogP contribution in [0, 0.1) is 11.8 Å². The quantitative estimate of drug-likeness (QED) is 0.692. The fourth-order valence-corrected chi connectivity index (χ4v) is 1.53. The minimum atomic E-state index is 0.00681. The van der Waals surface area contributed by atoms with Crippen molar-refractivity contribution in [2.75, 3.05) is 13.7 Å². The molecular formula is C13H18O2. The Balaban J connectivity index is 2.69. The zero-order valence-corrected chi connectivity index (χ0v) is 9.57. The average Bonchev–Trinajstić information content (AvgIpc) is 2.28. The Morgan fingerprint density at radius 3 is 2.40 bits per heavy atom. The Hall–Kier alpha value is -1.15. The molecule has 0 saturated carbocycles. The zero-order valence-electron chi connectivity index (χ0n) is 9.57. The van der Waals surface area contributed by atoms with Crippen molar-refractivity contribution in [3.63, 3.8) is 0 Å². The predicted octanol–water partition coefficient (Wildman–Crippen LogP) is 2.79. The van der Waals surface area contributed by atoms with Crippen LogP contribution in [0.1, 0.15) is 24.2 Å². The van der Waals surface area contributed by atoms with E-state index in [-0.39, 0.29) is 17.6 Å². The molecule has 1 aromatic carbocycles.